The Morgan fingerprint density at radius 3 is 1.73 bits per heavy atom. The van der Waals surface area contributed by atoms with Gasteiger partial charge in [-0.1, -0.05) is 24.3 Å². The van der Waals surface area contributed by atoms with Crippen molar-refractivity contribution in [3.05, 3.63) is 105 Å². The van der Waals surface area contributed by atoms with Gasteiger partial charge in [-0.05, 0) is 99.9 Å². The molecule has 0 N–H and O–H groups in total. The van der Waals surface area contributed by atoms with Crippen LogP contribution in [0.1, 0.15) is 0 Å². The van der Waals surface area contributed by atoms with Crippen LogP contribution in [0.5, 0.6) is 11.5 Å². The molecule has 0 spiro atoms. The second-order valence-electron chi connectivity index (χ2n) is 11.6. The first-order valence-electron chi connectivity index (χ1n) is 13.2. The molecule has 2 heterocycles. The molecule has 5 nitrogen and oxygen atoms in total. The highest BCUT2D eigenvalue weighted by Gasteiger charge is 2.18. The third-order valence-corrected chi connectivity index (χ3v) is 8.79. The Morgan fingerprint density at radius 2 is 1.05 bits per heavy atom. The molecule has 0 saturated carbocycles. The molecule has 0 bridgehead atoms. The minimum Gasteiger partial charge on any atom is -0.544 e. The second-order valence-corrected chi connectivity index (χ2v) is 21.5. The van der Waals surface area contributed by atoms with E-state index in [0.29, 0.717) is 21.9 Å². The SMILES string of the molecule is C[Si](C)(C)Oc1ccc2oc3ccccc3c(=O)c2c1.C[Si](C)(C)Oc1ccc2sc3ccccc3c(=O)c2c1. The summed E-state index contributed by atoms with van der Waals surface area (Å²) in [6, 6.07) is 26.3. The van der Waals surface area contributed by atoms with E-state index in [-0.39, 0.29) is 10.9 Å². The largest absolute Gasteiger partial charge is 0.544 e. The Morgan fingerprint density at radius 1 is 0.550 bits per heavy atom. The number of hydrogen-bond acceptors (Lipinski definition) is 6. The van der Waals surface area contributed by atoms with Crippen molar-refractivity contribution < 1.29 is 13.3 Å². The Hall–Kier alpha value is -3.73. The lowest BCUT2D eigenvalue weighted by molar-refractivity contribution is 0.557. The van der Waals surface area contributed by atoms with Crippen molar-refractivity contribution >= 4 is 70.1 Å². The maximum Gasteiger partial charge on any atom is 0.242 e. The van der Waals surface area contributed by atoms with Gasteiger partial charge in [-0.3, -0.25) is 9.59 Å². The molecular weight excluding hydrogens is 553 g/mol. The summed E-state index contributed by atoms with van der Waals surface area (Å²) < 4.78 is 19.7. The summed E-state index contributed by atoms with van der Waals surface area (Å²) in [5, 5.41) is 2.71. The van der Waals surface area contributed by atoms with Crippen molar-refractivity contribution in [1.82, 2.24) is 0 Å². The topological polar surface area (TPSA) is 65.7 Å². The molecule has 0 unspecified atom stereocenters. The quantitative estimate of drug-likeness (QED) is 0.153. The molecule has 6 rings (SSSR count). The fraction of sp³-hybridized carbons (Fsp3) is 0.188. The molecule has 0 saturated heterocycles. The first-order chi connectivity index (χ1) is 18.9. The van der Waals surface area contributed by atoms with Crippen LogP contribution in [0.2, 0.25) is 39.3 Å². The summed E-state index contributed by atoms with van der Waals surface area (Å²) in [6.45, 7) is 12.7. The van der Waals surface area contributed by atoms with Gasteiger partial charge in [0.15, 0.2) is 5.43 Å². The lowest BCUT2D eigenvalue weighted by atomic mass is 10.1. The number of benzene rings is 4. The Balaban J connectivity index is 0.000000161. The molecular formula is C32H32O5SSi2. The van der Waals surface area contributed by atoms with E-state index in [9.17, 15) is 9.59 Å². The number of fused-ring (bicyclic) bond motifs is 4. The summed E-state index contributed by atoms with van der Waals surface area (Å²) in [5.74, 6) is 1.54. The van der Waals surface area contributed by atoms with Crippen molar-refractivity contribution in [2.24, 2.45) is 0 Å². The highest BCUT2D eigenvalue weighted by Crippen LogP contribution is 2.28. The fourth-order valence-corrected chi connectivity index (χ4v) is 7.12. The number of para-hydroxylation sites is 1. The van der Waals surface area contributed by atoms with Crippen LogP contribution >= 0.6 is 11.3 Å². The van der Waals surface area contributed by atoms with E-state index in [1.54, 1.807) is 29.5 Å². The summed E-state index contributed by atoms with van der Waals surface area (Å²) in [5.41, 5.74) is 1.29. The van der Waals surface area contributed by atoms with E-state index in [0.717, 1.165) is 31.7 Å². The van der Waals surface area contributed by atoms with Crippen molar-refractivity contribution in [2.45, 2.75) is 39.3 Å². The normalized spacial score (nSPS) is 11.9. The first-order valence-corrected chi connectivity index (χ1v) is 20.8. The minimum atomic E-state index is -1.69. The van der Waals surface area contributed by atoms with Crippen LogP contribution in [-0.4, -0.2) is 16.6 Å². The number of hydrogen-bond donors (Lipinski definition) is 0. The molecule has 0 amide bonds. The van der Waals surface area contributed by atoms with Crippen LogP contribution < -0.4 is 19.7 Å². The second kappa shape index (κ2) is 10.7. The van der Waals surface area contributed by atoms with Crippen LogP contribution in [0.25, 0.3) is 42.1 Å². The maximum absolute atomic E-state index is 12.6. The molecule has 8 heteroatoms. The zero-order chi connectivity index (χ0) is 28.7. The molecule has 40 heavy (non-hydrogen) atoms. The number of rotatable bonds is 4. The van der Waals surface area contributed by atoms with E-state index < -0.39 is 16.6 Å². The molecule has 4 aromatic carbocycles. The standard InChI is InChI=1S/C16H16O3Si.C16H16O2SSi/c1-20(2,3)19-11-8-9-15-13(10-11)16(17)12-6-4-5-7-14(12)18-15;1-20(2,3)18-11-8-9-15-13(10-11)16(17)12-6-4-5-7-14(12)19-15/h2*4-10H,1-3H3. The van der Waals surface area contributed by atoms with Gasteiger partial charge in [0.1, 0.15) is 22.7 Å². The molecule has 0 aliphatic rings. The fourth-order valence-electron chi connectivity index (χ4n) is 4.40. The summed E-state index contributed by atoms with van der Waals surface area (Å²) in [4.78, 5) is 25.1. The average molecular weight is 585 g/mol. The highest BCUT2D eigenvalue weighted by molar-refractivity contribution is 7.24. The van der Waals surface area contributed by atoms with Gasteiger partial charge in [0.05, 0.1) is 10.8 Å². The van der Waals surface area contributed by atoms with E-state index >= 15 is 0 Å². The summed E-state index contributed by atoms with van der Waals surface area (Å²) in [6.07, 6.45) is 0. The molecule has 0 fully saturated rings. The van der Waals surface area contributed by atoms with Crippen molar-refractivity contribution in [3.63, 3.8) is 0 Å². The predicted molar refractivity (Wildman–Crippen MR) is 174 cm³/mol. The van der Waals surface area contributed by atoms with Gasteiger partial charge in [0.2, 0.25) is 22.1 Å². The van der Waals surface area contributed by atoms with Crippen LogP contribution in [0.3, 0.4) is 0 Å². The molecule has 204 valence electrons. The minimum absolute atomic E-state index is 0.0112. The Bertz CT molecular complexity index is 1840. The van der Waals surface area contributed by atoms with Crippen LogP contribution in [-0.2, 0) is 0 Å². The van der Waals surface area contributed by atoms with Gasteiger partial charge in [-0.15, -0.1) is 11.3 Å². The van der Waals surface area contributed by atoms with Gasteiger partial charge in [0, 0.05) is 20.2 Å². The third kappa shape index (κ3) is 6.19. The molecule has 0 aliphatic carbocycles. The Kier molecular flexibility index (Phi) is 7.43. The lowest BCUT2D eigenvalue weighted by Gasteiger charge is -2.19. The van der Waals surface area contributed by atoms with E-state index in [1.165, 1.54) is 0 Å². The first kappa shape index (κ1) is 27.8. The van der Waals surface area contributed by atoms with Gasteiger partial charge < -0.3 is 13.3 Å². The molecule has 6 aromatic rings. The Labute approximate surface area is 238 Å². The monoisotopic (exact) mass is 584 g/mol. The van der Waals surface area contributed by atoms with E-state index in [2.05, 4.69) is 39.3 Å². The maximum atomic E-state index is 12.6. The van der Waals surface area contributed by atoms with E-state index in [1.807, 2.05) is 66.7 Å². The highest BCUT2D eigenvalue weighted by atomic mass is 32.1. The zero-order valence-electron chi connectivity index (χ0n) is 23.5. The predicted octanol–water partition coefficient (Wildman–Crippen LogP) is 8.79. The van der Waals surface area contributed by atoms with Gasteiger partial charge in [-0.25, -0.2) is 0 Å². The lowest BCUT2D eigenvalue weighted by Crippen LogP contribution is -2.29. The molecule has 0 radical (unpaired) electrons. The molecule has 2 aromatic heterocycles. The molecule has 0 atom stereocenters. The third-order valence-electron chi connectivity index (χ3n) is 5.94. The summed E-state index contributed by atoms with van der Waals surface area (Å²) in [7, 11) is -3.34. The van der Waals surface area contributed by atoms with E-state index in [4.69, 9.17) is 13.3 Å². The van der Waals surface area contributed by atoms with Crippen LogP contribution in [0, 0.1) is 0 Å². The van der Waals surface area contributed by atoms with Crippen molar-refractivity contribution in [2.75, 3.05) is 0 Å². The van der Waals surface area contributed by atoms with Gasteiger partial charge in [-0.2, -0.15) is 0 Å². The summed E-state index contributed by atoms with van der Waals surface area (Å²) >= 11 is 1.65. The van der Waals surface area contributed by atoms with Crippen LogP contribution in [0.4, 0.5) is 0 Å². The van der Waals surface area contributed by atoms with Crippen LogP contribution in [0.15, 0.2) is 98.9 Å². The zero-order valence-corrected chi connectivity index (χ0v) is 26.3. The van der Waals surface area contributed by atoms with Crippen molar-refractivity contribution in [3.8, 4) is 11.5 Å². The molecule has 0 aliphatic heterocycles. The van der Waals surface area contributed by atoms with Gasteiger partial charge >= 0.3 is 0 Å². The van der Waals surface area contributed by atoms with Gasteiger partial charge in [0.25, 0.3) is 0 Å². The van der Waals surface area contributed by atoms with Crippen molar-refractivity contribution in [1.29, 1.82) is 0 Å². The smallest absolute Gasteiger partial charge is 0.242 e. The average Bonchev–Trinajstić information content (AvgIpc) is 2.88.